The molecule has 0 fully saturated rings. The normalized spacial score (nSPS) is 10.8. The maximum absolute atomic E-state index is 13.0. The Kier molecular flexibility index (Phi) is 7.24. The number of benzene rings is 1. The number of fused-ring (bicyclic) bond motifs is 1. The van der Waals surface area contributed by atoms with E-state index in [-0.39, 0.29) is 17.7 Å². The summed E-state index contributed by atoms with van der Waals surface area (Å²) in [5.74, 6) is -0.162. The van der Waals surface area contributed by atoms with Crippen LogP contribution in [0, 0.1) is 0 Å². The number of aromatic nitrogens is 2. The van der Waals surface area contributed by atoms with Gasteiger partial charge in [-0.1, -0.05) is 13.0 Å². The van der Waals surface area contributed by atoms with Gasteiger partial charge in [0.2, 0.25) is 0 Å². The third kappa shape index (κ3) is 4.95. The molecule has 0 unspecified atom stereocenters. The average Bonchev–Trinajstić information content (AvgIpc) is 3.53. The molecule has 0 aliphatic rings. The van der Waals surface area contributed by atoms with E-state index in [1.54, 1.807) is 12.1 Å². The molecule has 2 amide bonds. The minimum absolute atomic E-state index is 0.278. The largest absolute Gasteiger partial charge is 0.493 e. The minimum atomic E-state index is -0.570. The number of hydrazine groups is 1. The van der Waals surface area contributed by atoms with Crippen LogP contribution in [-0.4, -0.2) is 35.1 Å². The Balaban J connectivity index is 1.43. The molecule has 0 radical (unpaired) electrons. The van der Waals surface area contributed by atoms with Gasteiger partial charge in [0.05, 0.1) is 25.4 Å². The van der Waals surface area contributed by atoms with Crippen molar-refractivity contribution in [1.82, 2.24) is 20.4 Å². The lowest BCUT2D eigenvalue weighted by Crippen LogP contribution is -2.44. The molecule has 3 aromatic heterocycles. The SMILES string of the molecule is CCCOc1ccc(C(=O)NNC(=O)Cn2cnc3scc(-c4cccs4)c3c2=O)cc1OC. The summed E-state index contributed by atoms with van der Waals surface area (Å²) in [5.41, 5.74) is 5.45. The molecular formula is C23H22N4O5S2. The average molecular weight is 499 g/mol. The first kappa shape index (κ1) is 23.5. The first-order valence-electron chi connectivity index (χ1n) is 10.4. The van der Waals surface area contributed by atoms with Crippen LogP contribution < -0.4 is 25.9 Å². The van der Waals surface area contributed by atoms with Crippen LogP contribution in [0.5, 0.6) is 11.5 Å². The smallest absolute Gasteiger partial charge is 0.269 e. The van der Waals surface area contributed by atoms with Crippen LogP contribution in [-0.2, 0) is 11.3 Å². The van der Waals surface area contributed by atoms with E-state index in [0.717, 1.165) is 16.9 Å². The van der Waals surface area contributed by atoms with Crippen LogP contribution in [0.1, 0.15) is 23.7 Å². The van der Waals surface area contributed by atoms with Crippen molar-refractivity contribution < 1.29 is 19.1 Å². The molecule has 9 nitrogen and oxygen atoms in total. The van der Waals surface area contributed by atoms with E-state index >= 15 is 0 Å². The van der Waals surface area contributed by atoms with E-state index in [2.05, 4.69) is 15.8 Å². The van der Waals surface area contributed by atoms with Crippen molar-refractivity contribution in [3.63, 3.8) is 0 Å². The summed E-state index contributed by atoms with van der Waals surface area (Å²) < 4.78 is 12.1. The summed E-state index contributed by atoms with van der Waals surface area (Å²) in [4.78, 5) is 43.8. The molecule has 0 spiro atoms. The van der Waals surface area contributed by atoms with Gasteiger partial charge >= 0.3 is 0 Å². The highest BCUT2D eigenvalue weighted by molar-refractivity contribution is 7.18. The number of rotatable bonds is 8. The van der Waals surface area contributed by atoms with Crippen LogP contribution in [0.3, 0.4) is 0 Å². The fourth-order valence-corrected chi connectivity index (χ4v) is 4.95. The molecule has 4 rings (SSSR count). The van der Waals surface area contributed by atoms with Crippen molar-refractivity contribution in [3.05, 3.63) is 63.3 Å². The summed E-state index contributed by atoms with van der Waals surface area (Å²) in [7, 11) is 1.48. The molecule has 11 heteroatoms. The van der Waals surface area contributed by atoms with Gasteiger partial charge in [-0.3, -0.25) is 29.8 Å². The van der Waals surface area contributed by atoms with Crippen molar-refractivity contribution in [2.75, 3.05) is 13.7 Å². The second-order valence-electron chi connectivity index (χ2n) is 7.20. The third-order valence-electron chi connectivity index (χ3n) is 4.86. The zero-order valence-electron chi connectivity index (χ0n) is 18.5. The molecular weight excluding hydrogens is 476 g/mol. The van der Waals surface area contributed by atoms with Crippen LogP contribution in [0.25, 0.3) is 20.7 Å². The van der Waals surface area contributed by atoms with E-state index in [1.165, 1.54) is 46.7 Å². The van der Waals surface area contributed by atoms with E-state index < -0.39 is 11.8 Å². The van der Waals surface area contributed by atoms with Crippen molar-refractivity contribution in [3.8, 4) is 21.9 Å². The second kappa shape index (κ2) is 10.5. The zero-order chi connectivity index (χ0) is 24.1. The Bertz CT molecular complexity index is 1380. The number of hydrogen-bond acceptors (Lipinski definition) is 8. The highest BCUT2D eigenvalue weighted by atomic mass is 32.1. The quantitative estimate of drug-likeness (QED) is 0.360. The zero-order valence-corrected chi connectivity index (χ0v) is 20.1. The predicted molar refractivity (Wildman–Crippen MR) is 132 cm³/mol. The first-order valence-corrected chi connectivity index (χ1v) is 12.2. The minimum Gasteiger partial charge on any atom is -0.493 e. The number of hydrogen-bond donors (Lipinski definition) is 2. The number of amides is 2. The van der Waals surface area contributed by atoms with Crippen molar-refractivity contribution >= 4 is 44.7 Å². The van der Waals surface area contributed by atoms with Crippen molar-refractivity contribution in [2.24, 2.45) is 0 Å². The van der Waals surface area contributed by atoms with Gasteiger partial charge in [-0.15, -0.1) is 22.7 Å². The fraction of sp³-hybridized carbons (Fsp3) is 0.217. The van der Waals surface area contributed by atoms with E-state index in [9.17, 15) is 14.4 Å². The Morgan fingerprint density at radius 1 is 1.15 bits per heavy atom. The van der Waals surface area contributed by atoms with Crippen LogP contribution in [0.4, 0.5) is 0 Å². The van der Waals surface area contributed by atoms with Crippen LogP contribution in [0.2, 0.25) is 0 Å². The molecule has 1 aromatic carbocycles. The lowest BCUT2D eigenvalue weighted by Gasteiger charge is -2.12. The van der Waals surface area contributed by atoms with Gasteiger partial charge in [-0.2, -0.15) is 0 Å². The number of carbonyl (C=O) groups is 2. The number of ether oxygens (including phenoxy) is 2. The Morgan fingerprint density at radius 3 is 2.74 bits per heavy atom. The lowest BCUT2D eigenvalue weighted by atomic mass is 10.2. The molecule has 0 saturated heterocycles. The number of nitrogens with one attached hydrogen (secondary N) is 2. The Morgan fingerprint density at radius 2 is 2.00 bits per heavy atom. The highest BCUT2D eigenvalue weighted by Crippen LogP contribution is 2.33. The summed E-state index contributed by atoms with van der Waals surface area (Å²) in [6, 6.07) is 8.58. The molecule has 0 bridgehead atoms. The van der Waals surface area contributed by atoms with Gasteiger partial charge in [0.15, 0.2) is 11.5 Å². The van der Waals surface area contributed by atoms with Crippen molar-refractivity contribution in [2.45, 2.75) is 19.9 Å². The maximum atomic E-state index is 13.0. The topological polar surface area (TPSA) is 112 Å². The maximum Gasteiger partial charge on any atom is 0.269 e. The summed E-state index contributed by atoms with van der Waals surface area (Å²) in [5, 5.41) is 4.30. The van der Waals surface area contributed by atoms with Gasteiger partial charge in [0, 0.05) is 21.4 Å². The van der Waals surface area contributed by atoms with E-state index in [0.29, 0.717) is 28.3 Å². The van der Waals surface area contributed by atoms with Crippen LogP contribution in [0.15, 0.2) is 52.2 Å². The fourth-order valence-electron chi connectivity index (χ4n) is 3.23. The standard InChI is InChI=1S/C23H22N4O5S2/c1-3-8-32-16-7-6-14(10-17(16)31-2)21(29)26-25-19(28)11-27-13-24-22-20(23(27)30)15(12-34-22)18-5-4-9-33-18/h4-7,9-10,12-13H,3,8,11H2,1-2H3,(H,25,28)(H,26,29). The van der Waals surface area contributed by atoms with Gasteiger partial charge < -0.3 is 9.47 Å². The molecule has 2 N–H and O–H groups in total. The van der Waals surface area contributed by atoms with Gasteiger partial charge in [-0.25, -0.2) is 4.98 Å². The monoisotopic (exact) mass is 498 g/mol. The summed E-state index contributed by atoms with van der Waals surface area (Å²) in [6.45, 7) is 2.22. The van der Waals surface area contributed by atoms with Gasteiger partial charge in [-0.05, 0) is 36.1 Å². The highest BCUT2D eigenvalue weighted by Gasteiger charge is 2.16. The van der Waals surface area contributed by atoms with E-state index in [4.69, 9.17) is 9.47 Å². The molecule has 3 heterocycles. The number of thiophene rings is 2. The predicted octanol–water partition coefficient (Wildman–Crippen LogP) is 3.45. The van der Waals surface area contributed by atoms with Gasteiger partial charge in [0.25, 0.3) is 17.4 Å². The number of carbonyl (C=O) groups excluding carboxylic acids is 2. The number of methoxy groups -OCH3 is 1. The third-order valence-corrected chi connectivity index (χ3v) is 6.65. The summed E-state index contributed by atoms with van der Waals surface area (Å²) in [6.07, 6.45) is 2.17. The van der Waals surface area contributed by atoms with Crippen molar-refractivity contribution in [1.29, 1.82) is 0 Å². The molecule has 4 aromatic rings. The molecule has 0 saturated carbocycles. The lowest BCUT2D eigenvalue weighted by molar-refractivity contribution is -0.122. The second-order valence-corrected chi connectivity index (χ2v) is 9.01. The van der Waals surface area contributed by atoms with Gasteiger partial charge in [0.1, 0.15) is 11.4 Å². The van der Waals surface area contributed by atoms with Crippen LogP contribution >= 0.6 is 22.7 Å². The summed E-state index contributed by atoms with van der Waals surface area (Å²) >= 11 is 2.91. The molecule has 34 heavy (non-hydrogen) atoms. The molecule has 176 valence electrons. The molecule has 0 atom stereocenters. The number of nitrogens with zero attached hydrogens (tertiary/aromatic N) is 2. The van der Waals surface area contributed by atoms with E-state index in [1.807, 2.05) is 29.8 Å². The first-order chi connectivity index (χ1) is 16.5. The molecule has 0 aliphatic heterocycles. The Hall–Kier alpha value is -3.70. The molecule has 0 aliphatic carbocycles. The Labute approximate surface area is 202 Å².